The van der Waals surface area contributed by atoms with E-state index in [1.54, 1.807) is 24.3 Å². The Morgan fingerprint density at radius 3 is 2.40 bits per heavy atom. The van der Waals surface area contributed by atoms with Gasteiger partial charge in [0.25, 0.3) is 5.91 Å². The highest BCUT2D eigenvalue weighted by Gasteiger charge is 2.63. The summed E-state index contributed by atoms with van der Waals surface area (Å²) in [5.41, 5.74) is 4.16. The lowest BCUT2D eigenvalue weighted by molar-refractivity contribution is -0.145. The molecule has 3 fully saturated rings. The summed E-state index contributed by atoms with van der Waals surface area (Å²) in [5, 5.41) is 5.82. The highest BCUT2D eigenvalue weighted by molar-refractivity contribution is 6.05. The Hall–Kier alpha value is -3.15. The minimum atomic E-state index is -0.311. The summed E-state index contributed by atoms with van der Waals surface area (Å²) in [4.78, 5) is 37.5. The number of hydrogen-bond acceptors (Lipinski definition) is 4. The van der Waals surface area contributed by atoms with Crippen molar-refractivity contribution in [3.05, 3.63) is 59.2 Å². The van der Waals surface area contributed by atoms with E-state index in [0.29, 0.717) is 11.3 Å². The number of aryl methyl sites for hydroxylation is 2. The zero-order chi connectivity index (χ0) is 21.0. The van der Waals surface area contributed by atoms with Crippen molar-refractivity contribution in [1.82, 2.24) is 0 Å². The molecule has 1 heterocycles. The second-order valence-electron chi connectivity index (χ2n) is 8.74. The number of hydrogen-bond donors (Lipinski definition) is 2. The van der Waals surface area contributed by atoms with Gasteiger partial charge >= 0.3 is 5.97 Å². The summed E-state index contributed by atoms with van der Waals surface area (Å²) in [7, 11) is 0. The van der Waals surface area contributed by atoms with Crippen LogP contribution in [0.1, 0.15) is 34.3 Å². The summed E-state index contributed by atoms with van der Waals surface area (Å²) in [6, 6.07) is 12.6. The average Bonchev–Trinajstić information content (AvgIpc) is 3.34. The number of rotatable bonds is 4. The van der Waals surface area contributed by atoms with Crippen LogP contribution in [0.15, 0.2) is 42.5 Å². The maximum Gasteiger partial charge on any atom is 0.310 e. The zero-order valence-corrected chi connectivity index (χ0v) is 17.0. The highest BCUT2D eigenvalue weighted by Crippen LogP contribution is 2.57. The standard InChI is InChI=1S/C24H24N2O4/c1-12-3-6-17(9-13(12)2)26-22(27)14-4-7-16(8-5-14)25-23(28)20-15-10-18-19(11-15)30-24(29)21(18)20/h3-9,15,18-21H,10-11H2,1-2H3,(H,25,28)(H,26,27)/t15-,18+,19-,20+,21+/m1/s1. The number of anilines is 2. The van der Waals surface area contributed by atoms with E-state index in [9.17, 15) is 14.4 Å². The molecule has 1 aliphatic heterocycles. The maximum atomic E-state index is 12.9. The van der Waals surface area contributed by atoms with Crippen molar-refractivity contribution in [1.29, 1.82) is 0 Å². The fourth-order valence-electron chi connectivity index (χ4n) is 5.32. The van der Waals surface area contributed by atoms with Crippen LogP contribution < -0.4 is 10.6 Å². The molecule has 2 aromatic rings. The van der Waals surface area contributed by atoms with Gasteiger partial charge in [0.1, 0.15) is 6.10 Å². The molecule has 2 aromatic carbocycles. The van der Waals surface area contributed by atoms with E-state index in [1.165, 1.54) is 5.56 Å². The normalized spacial score (nSPS) is 28.3. The lowest BCUT2D eigenvalue weighted by atomic mass is 9.79. The minimum absolute atomic E-state index is 0.0201. The first kappa shape index (κ1) is 18.9. The lowest BCUT2D eigenvalue weighted by Gasteiger charge is -2.23. The van der Waals surface area contributed by atoms with Gasteiger partial charge < -0.3 is 15.4 Å². The number of amides is 2. The van der Waals surface area contributed by atoms with Gasteiger partial charge in [0.2, 0.25) is 5.91 Å². The van der Waals surface area contributed by atoms with Crippen molar-refractivity contribution in [3.8, 4) is 0 Å². The van der Waals surface area contributed by atoms with E-state index in [2.05, 4.69) is 10.6 Å². The summed E-state index contributed by atoms with van der Waals surface area (Å²) < 4.78 is 5.41. The number of carbonyl (C=O) groups excluding carboxylic acids is 3. The molecule has 30 heavy (non-hydrogen) atoms. The quantitative estimate of drug-likeness (QED) is 0.761. The fourth-order valence-corrected chi connectivity index (χ4v) is 5.32. The third kappa shape index (κ3) is 3.07. The molecule has 1 saturated heterocycles. The van der Waals surface area contributed by atoms with E-state index < -0.39 is 0 Å². The van der Waals surface area contributed by atoms with Crippen molar-refractivity contribution in [3.63, 3.8) is 0 Å². The number of esters is 1. The second-order valence-corrected chi connectivity index (χ2v) is 8.74. The zero-order valence-electron chi connectivity index (χ0n) is 17.0. The molecule has 2 N–H and O–H groups in total. The molecular weight excluding hydrogens is 380 g/mol. The molecule has 3 aliphatic rings. The van der Waals surface area contributed by atoms with Crippen molar-refractivity contribution in [2.24, 2.45) is 23.7 Å². The van der Waals surface area contributed by atoms with Crippen LogP contribution in [0, 0.1) is 37.5 Å². The molecule has 6 nitrogen and oxygen atoms in total. The molecule has 2 bridgehead atoms. The van der Waals surface area contributed by atoms with Gasteiger partial charge in [-0.05, 0) is 80.1 Å². The van der Waals surface area contributed by atoms with Crippen LogP contribution in [-0.2, 0) is 14.3 Å². The number of ether oxygens (including phenoxy) is 1. The molecule has 2 saturated carbocycles. The van der Waals surface area contributed by atoms with E-state index in [-0.39, 0.29) is 47.6 Å². The molecule has 0 radical (unpaired) electrons. The first-order valence-corrected chi connectivity index (χ1v) is 10.4. The Kier molecular flexibility index (Phi) is 4.38. The van der Waals surface area contributed by atoms with Crippen LogP contribution in [0.3, 0.4) is 0 Å². The predicted molar refractivity (Wildman–Crippen MR) is 112 cm³/mol. The van der Waals surface area contributed by atoms with Crippen LogP contribution in [0.2, 0.25) is 0 Å². The van der Waals surface area contributed by atoms with E-state index in [1.807, 2.05) is 32.0 Å². The second kappa shape index (κ2) is 6.97. The topological polar surface area (TPSA) is 84.5 Å². The molecule has 0 unspecified atom stereocenters. The molecule has 2 aliphatic carbocycles. The van der Waals surface area contributed by atoms with Gasteiger partial charge in [-0.3, -0.25) is 14.4 Å². The van der Waals surface area contributed by atoms with Crippen LogP contribution in [-0.4, -0.2) is 23.9 Å². The first-order chi connectivity index (χ1) is 14.4. The van der Waals surface area contributed by atoms with Gasteiger partial charge in [0.05, 0.1) is 11.8 Å². The van der Waals surface area contributed by atoms with Gasteiger partial charge in [-0.25, -0.2) is 0 Å². The smallest absolute Gasteiger partial charge is 0.310 e. The molecule has 0 spiro atoms. The Morgan fingerprint density at radius 2 is 1.67 bits per heavy atom. The van der Waals surface area contributed by atoms with Gasteiger partial charge in [0.15, 0.2) is 0 Å². The Labute approximate surface area is 175 Å². The number of nitrogens with one attached hydrogen (secondary N) is 2. The molecule has 5 atom stereocenters. The molecule has 0 aromatic heterocycles. The van der Waals surface area contributed by atoms with Crippen molar-refractivity contribution < 1.29 is 19.1 Å². The lowest BCUT2D eigenvalue weighted by Crippen LogP contribution is -2.35. The first-order valence-electron chi connectivity index (χ1n) is 10.4. The van der Waals surface area contributed by atoms with Crippen LogP contribution in [0.5, 0.6) is 0 Å². The summed E-state index contributed by atoms with van der Waals surface area (Å²) in [6.45, 7) is 4.03. The molecule has 5 rings (SSSR count). The summed E-state index contributed by atoms with van der Waals surface area (Å²) >= 11 is 0. The monoisotopic (exact) mass is 404 g/mol. The van der Waals surface area contributed by atoms with E-state index >= 15 is 0 Å². The number of carbonyl (C=O) groups is 3. The third-order valence-corrected chi connectivity index (χ3v) is 6.97. The Balaban J connectivity index is 1.24. The fraction of sp³-hybridized carbons (Fsp3) is 0.375. The van der Waals surface area contributed by atoms with Crippen LogP contribution in [0.4, 0.5) is 11.4 Å². The Morgan fingerprint density at radius 1 is 0.933 bits per heavy atom. The molecule has 154 valence electrons. The van der Waals surface area contributed by atoms with Gasteiger partial charge in [0, 0.05) is 22.9 Å². The Bertz CT molecular complexity index is 1040. The highest BCUT2D eigenvalue weighted by atomic mass is 16.6. The molecular formula is C24H24N2O4. The van der Waals surface area contributed by atoms with Gasteiger partial charge in [-0.15, -0.1) is 0 Å². The van der Waals surface area contributed by atoms with Crippen LogP contribution in [0.25, 0.3) is 0 Å². The molecule has 6 heteroatoms. The van der Waals surface area contributed by atoms with Crippen molar-refractivity contribution in [2.45, 2.75) is 32.8 Å². The predicted octanol–water partition coefficient (Wildman–Crippen LogP) is 3.69. The SMILES string of the molecule is Cc1ccc(NC(=O)c2ccc(NC(=O)[C@H]3[C@@H]4C[C@@H]5[C@@H]3C(=O)O[C@@H]5C4)cc2)cc1C. The number of fused-ring (bicyclic) bond motifs is 1. The van der Waals surface area contributed by atoms with E-state index in [4.69, 9.17) is 4.74 Å². The third-order valence-electron chi connectivity index (χ3n) is 6.97. The maximum absolute atomic E-state index is 12.9. The summed E-state index contributed by atoms with van der Waals surface area (Å²) in [5.74, 6) is -0.732. The van der Waals surface area contributed by atoms with Gasteiger partial charge in [-0.1, -0.05) is 6.07 Å². The van der Waals surface area contributed by atoms with Gasteiger partial charge in [-0.2, -0.15) is 0 Å². The largest absolute Gasteiger partial charge is 0.462 e. The van der Waals surface area contributed by atoms with E-state index in [0.717, 1.165) is 24.1 Å². The average molecular weight is 404 g/mol. The minimum Gasteiger partial charge on any atom is -0.462 e. The van der Waals surface area contributed by atoms with Crippen molar-refractivity contribution in [2.75, 3.05) is 10.6 Å². The number of benzene rings is 2. The summed E-state index contributed by atoms with van der Waals surface area (Å²) in [6.07, 6.45) is 1.71. The van der Waals surface area contributed by atoms with Crippen molar-refractivity contribution >= 4 is 29.2 Å². The molecule has 2 amide bonds. The van der Waals surface area contributed by atoms with Crippen LogP contribution >= 0.6 is 0 Å².